The molecule has 0 bridgehead atoms. The van der Waals surface area contributed by atoms with Crippen LogP contribution in [0.1, 0.15) is 0 Å². The van der Waals surface area contributed by atoms with Crippen molar-refractivity contribution in [2.24, 2.45) is 0 Å². The van der Waals surface area contributed by atoms with Gasteiger partial charge in [-0.15, -0.1) is 0 Å². The highest BCUT2D eigenvalue weighted by atomic mass is 79.9. The van der Waals surface area contributed by atoms with Gasteiger partial charge in [-0.05, 0) is 28.1 Å². The first-order valence-corrected chi connectivity index (χ1v) is 7.17. The SMILES string of the molecule is COc1ccc2c(N3CCNCC3)c(Br)cnc2c1. The van der Waals surface area contributed by atoms with Crippen molar-refractivity contribution in [1.82, 2.24) is 10.3 Å². The summed E-state index contributed by atoms with van der Waals surface area (Å²) in [7, 11) is 1.68. The highest BCUT2D eigenvalue weighted by molar-refractivity contribution is 9.10. The van der Waals surface area contributed by atoms with Crippen LogP contribution in [-0.2, 0) is 0 Å². The Hall–Kier alpha value is -1.33. The highest BCUT2D eigenvalue weighted by Crippen LogP contribution is 2.34. The summed E-state index contributed by atoms with van der Waals surface area (Å²) < 4.78 is 6.31. The molecule has 1 N–H and O–H groups in total. The number of ether oxygens (including phenoxy) is 1. The van der Waals surface area contributed by atoms with Gasteiger partial charge in [0.1, 0.15) is 5.75 Å². The Labute approximate surface area is 120 Å². The second kappa shape index (κ2) is 5.35. The summed E-state index contributed by atoms with van der Waals surface area (Å²) in [5, 5.41) is 4.54. The maximum Gasteiger partial charge on any atom is 0.121 e. The highest BCUT2D eigenvalue weighted by Gasteiger charge is 2.17. The van der Waals surface area contributed by atoms with E-state index in [0.717, 1.165) is 47.3 Å². The Morgan fingerprint density at radius 1 is 1.32 bits per heavy atom. The zero-order chi connectivity index (χ0) is 13.2. The second-order valence-electron chi connectivity index (χ2n) is 4.57. The smallest absolute Gasteiger partial charge is 0.121 e. The van der Waals surface area contributed by atoms with Crippen molar-refractivity contribution in [2.75, 3.05) is 38.2 Å². The molecule has 19 heavy (non-hydrogen) atoms. The van der Waals surface area contributed by atoms with E-state index in [1.165, 1.54) is 5.69 Å². The molecule has 4 nitrogen and oxygen atoms in total. The number of rotatable bonds is 2. The summed E-state index contributed by atoms with van der Waals surface area (Å²) in [5.74, 6) is 0.841. The van der Waals surface area contributed by atoms with Crippen LogP contribution in [0.3, 0.4) is 0 Å². The summed E-state index contributed by atoms with van der Waals surface area (Å²) in [4.78, 5) is 6.88. The third kappa shape index (κ3) is 2.40. The molecular formula is C14H16BrN3O. The van der Waals surface area contributed by atoms with Gasteiger partial charge >= 0.3 is 0 Å². The summed E-state index contributed by atoms with van der Waals surface area (Å²) >= 11 is 3.63. The van der Waals surface area contributed by atoms with Crippen LogP contribution in [0.25, 0.3) is 10.9 Å². The van der Waals surface area contributed by atoms with Crippen molar-refractivity contribution >= 4 is 32.5 Å². The number of methoxy groups -OCH3 is 1. The van der Waals surface area contributed by atoms with Crippen LogP contribution in [-0.4, -0.2) is 38.3 Å². The van der Waals surface area contributed by atoms with Gasteiger partial charge in [0.05, 0.1) is 22.8 Å². The quantitative estimate of drug-likeness (QED) is 0.921. The Kier molecular flexibility index (Phi) is 3.57. The minimum atomic E-state index is 0.841. The van der Waals surface area contributed by atoms with Crippen LogP contribution >= 0.6 is 15.9 Å². The fourth-order valence-electron chi connectivity index (χ4n) is 2.47. The Balaban J connectivity index is 2.13. The fraction of sp³-hybridized carbons (Fsp3) is 0.357. The van der Waals surface area contributed by atoms with Crippen molar-refractivity contribution in [3.63, 3.8) is 0 Å². The van der Waals surface area contributed by atoms with Crippen LogP contribution in [0.15, 0.2) is 28.9 Å². The molecule has 1 aromatic carbocycles. The van der Waals surface area contributed by atoms with E-state index < -0.39 is 0 Å². The van der Waals surface area contributed by atoms with Gasteiger partial charge in [0, 0.05) is 43.8 Å². The Morgan fingerprint density at radius 2 is 2.11 bits per heavy atom. The summed E-state index contributed by atoms with van der Waals surface area (Å²) in [6.45, 7) is 4.08. The zero-order valence-corrected chi connectivity index (χ0v) is 12.4. The van der Waals surface area contributed by atoms with E-state index in [4.69, 9.17) is 4.74 Å². The second-order valence-corrected chi connectivity index (χ2v) is 5.43. The molecule has 0 aliphatic carbocycles. The first-order valence-electron chi connectivity index (χ1n) is 6.37. The summed E-state index contributed by atoms with van der Waals surface area (Å²) in [6.07, 6.45) is 1.87. The van der Waals surface area contributed by atoms with Gasteiger partial charge in [-0.2, -0.15) is 0 Å². The van der Waals surface area contributed by atoms with Crippen LogP contribution in [0.5, 0.6) is 5.75 Å². The third-order valence-electron chi connectivity index (χ3n) is 3.44. The maximum absolute atomic E-state index is 5.26. The molecule has 0 saturated carbocycles. The van der Waals surface area contributed by atoms with E-state index in [-0.39, 0.29) is 0 Å². The number of benzene rings is 1. The topological polar surface area (TPSA) is 37.4 Å². The molecule has 1 fully saturated rings. The fourth-order valence-corrected chi connectivity index (χ4v) is 3.04. The number of piperazine rings is 1. The van der Waals surface area contributed by atoms with Crippen LogP contribution < -0.4 is 15.0 Å². The van der Waals surface area contributed by atoms with Crippen LogP contribution in [0.2, 0.25) is 0 Å². The lowest BCUT2D eigenvalue weighted by atomic mass is 10.1. The molecule has 1 saturated heterocycles. The van der Waals surface area contributed by atoms with Crippen molar-refractivity contribution in [3.05, 3.63) is 28.9 Å². The molecule has 0 amide bonds. The molecule has 1 aliphatic heterocycles. The number of fused-ring (bicyclic) bond motifs is 1. The average molecular weight is 322 g/mol. The monoisotopic (exact) mass is 321 g/mol. The standard InChI is InChI=1S/C14H16BrN3O/c1-19-10-2-3-11-13(8-10)17-9-12(15)14(11)18-6-4-16-5-7-18/h2-3,8-9,16H,4-7H2,1H3. The van der Waals surface area contributed by atoms with E-state index in [0.29, 0.717) is 0 Å². The molecule has 1 aromatic heterocycles. The van der Waals surface area contributed by atoms with E-state index >= 15 is 0 Å². The van der Waals surface area contributed by atoms with E-state index in [9.17, 15) is 0 Å². The van der Waals surface area contributed by atoms with Crippen molar-refractivity contribution < 1.29 is 4.74 Å². The molecule has 0 spiro atoms. The normalized spacial score (nSPS) is 15.8. The minimum absolute atomic E-state index is 0.841. The predicted molar refractivity (Wildman–Crippen MR) is 81.1 cm³/mol. The molecule has 2 aromatic rings. The Bertz CT molecular complexity index is 597. The molecule has 100 valence electrons. The molecule has 2 heterocycles. The first kappa shape index (κ1) is 12.7. The number of aromatic nitrogens is 1. The van der Waals surface area contributed by atoms with Crippen LogP contribution in [0, 0.1) is 0 Å². The lowest BCUT2D eigenvalue weighted by Crippen LogP contribution is -2.43. The van der Waals surface area contributed by atoms with Crippen molar-refractivity contribution in [3.8, 4) is 5.75 Å². The first-order chi connectivity index (χ1) is 9.29. The van der Waals surface area contributed by atoms with E-state index in [1.54, 1.807) is 7.11 Å². The van der Waals surface area contributed by atoms with Gasteiger partial charge in [0.25, 0.3) is 0 Å². The number of halogens is 1. The molecule has 0 radical (unpaired) electrons. The number of anilines is 1. The zero-order valence-electron chi connectivity index (χ0n) is 10.8. The molecule has 0 unspecified atom stereocenters. The van der Waals surface area contributed by atoms with Gasteiger partial charge in [0.2, 0.25) is 0 Å². The lowest BCUT2D eigenvalue weighted by molar-refractivity contribution is 0.415. The molecule has 5 heteroatoms. The number of pyridine rings is 1. The largest absolute Gasteiger partial charge is 0.497 e. The molecule has 3 rings (SSSR count). The lowest BCUT2D eigenvalue weighted by Gasteiger charge is -2.31. The van der Waals surface area contributed by atoms with Gasteiger partial charge in [-0.1, -0.05) is 0 Å². The van der Waals surface area contributed by atoms with Crippen molar-refractivity contribution in [2.45, 2.75) is 0 Å². The molecular weight excluding hydrogens is 306 g/mol. The van der Waals surface area contributed by atoms with Gasteiger partial charge in [0.15, 0.2) is 0 Å². The maximum atomic E-state index is 5.26. The molecule has 1 aliphatic rings. The van der Waals surface area contributed by atoms with E-state index in [2.05, 4.69) is 37.2 Å². The number of nitrogens with zero attached hydrogens (tertiary/aromatic N) is 2. The average Bonchev–Trinajstić information content (AvgIpc) is 2.47. The Morgan fingerprint density at radius 3 is 2.84 bits per heavy atom. The van der Waals surface area contributed by atoms with Crippen LogP contribution in [0.4, 0.5) is 5.69 Å². The number of hydrogen-bond acceptors (Lipinski definition) is 4. The van der Waals surface area contributed by atoms with E-state index in [1.807, 2.05) is 18.3 Å². The summed E-state index contributed by atoms with van der Waals surface area (Å²) in [5.41, 5.74) is 2.20. The third-order valence-corrected chi connectivity index (χ3v) is 4.02. The van der Waals surface area contributed by atoms with Gasteiger partial charge in [-0.3, -0.25) is 4.98 Å². The van der Waals surface area contributed by atoms with Crippen molar-refractivity contribution in [1.29, 1.82) is 0 Å². The number of nitrogens with one attached hydrogen (secondary N) is 1. The number of hydrogen-bond donors (Lipinski definition) is 1. The summed E-state index contributed by atoms with van der Waals surface area (Å²) in [6, 6.07) is 6.05. The molecule has 0 atom stereocenters. The minimum Gasteiger partial charge on any atom is -0.497 e. The predicted octanol–water partition coefficient (Wildman–Crippen LogP) is 2.42. The van der Waals surface area contributed by atoms with Gasteiger partial charge in [-0.25, -0.2) is 0 Å². The van der Waals surface area contributed by atoms with Gasteiger partial charge < -0.3 is 15.0 Å².